The largest absolute Gasteiger partial charge is 0.497 e. The highest BCUT2D eigenvalue weighted by Crippen LogP contribution is 2.34. The highest BCUT2D eigenvalue weighted by molar-refractivity contribution is 7.20. The number of hydrogen-bond donors (Lipinski definition) is 1. The zero-order valence-corrected chi connectivity index (χ0v) is 15.2. The van der Waals surface area contributed by atoms with Gasteiger partial charge >= 0.3 is 5.97 Å². The van der Waals surface area contributed by atoms with Crippen molar-refractivity contribution in [2.75, 3.05) is 14.2 Å². The van der Waals surface area contributed by atoms with Crippen LogP contribution in [0.5, 0.6) is 16.7 Å². The number of aliphatic carboxylic acids is 1. The lowest BCUT2D eigenvalue weighted by molar-refractivity contribution is -0.129. The van der Waals surface area contributed by atoms with E-state index in [0.29, 0.717) is 27.8 Å². The second-order valence-electron chi connectivity index (χ2n) is 5.35. The van der Waals surface area contributed by atoms with E-state index < -0.39 is 5.97 Å². The summed E-state index contributed by atoms with van der Waals surface area (Å²) in [5, 5.41) is 13.4. The first-order valence-electron chi connectivity index (χ1n) is 7.59. The molecule has 0 spiro atoms. The molecule has 3 rings (SSSR count). The van der Waals surface area contributed by atoms with Crippen molar-refractivity contribution in [1.29, 1.82) is 0 Å². The lowest BCUT2D eigenvalue weighted by Crippen LogP contribution is -2.15. The van der Waals surface area contributed by atoms with Crippen LogP contribution in [0.1, 0.15) is 11.1 Å². The third-order valence-corrected chi connectivity index (χ3v) is 4.39. The first-order chi connectivity index (χ1) is 12.5. The molecule has 0 radical (unpaired) electrons. The van der Waals surface area contributed by atoms with Crippen molar-refractivity contribution >= 4 is 33.2 Å². The number of aryl methyl sites for hydroxylation is 1. The van der Waals surface area contributed by atoms with Crippen LogP contribution in [0.25, 0.3) is 10.2 Å². The molecule has 0 aliphatic rings. The topological polar surface area (TPSA) is 90.2 Å². The monoisotopic (exact) mass is 372 g/mol. The Morgan fingerprint density at radius 1 is 1.19 bits per heavy atom. The third-order valence-electron chi connectivity index (χ3n) is 3.51. The summed E-state index contributed by atoms with van der Waals surface area (Å²) >= 11 is 1.32. The van der Waals surface area contributed by atoms with E-state index in [0.717, 1.165) is 10.3 Å². The van der Waals surface area contributed by atoms with Gasteiger partial charge in [0.15, 0.2) is 5.71 Å². The van der Waals surface area contributed by atoms with Gasteiger partial charge in [-0.05, 0) is 36.8 Å². The van der Waals surface area contributed by atoms with Crippen molar-refractivity contribution < 1.29 is 24.2 Å². The van der Waals surface area contributed by atoms with Gasteiger partial charge in [0.1, 0.15) is 18.6 Å². The number of carboxylic acid groups (broad SMARTS) is 1. The summed E-state index contributed by atoms with van der Waals surface area (Å²) in [6, 6.07) is 10.8. The third kappa shape index (κ3) is 3.60. The number of oxime groups is 1. The predicted octanol–water partition coefficient (Wildman–Crippen LogP) is 3.84. The van der Waals surface area contributed by atoms with Gasteiger partial charge in [-0.1, -0.05) is 22.6 Å². The summed E-state index contributed by atoms with van der Waals surface area (Å²) < 4.78 is 11.8. The molecule has 134 valence electrons. The number of rotatable bonds is 6. The van der Waals surface area contributed by atoms with Crippen LogP contribution in [0.2, 0.25) is 0 Å². The zero-order valence-electron chi connectivity index (χ0n) is 14.3. The number of thiazole rings is 1. The molecule has 8 heteroatoms. The Hall–Kier alpha value is -3.13. The second-order valence-corrected chi connectivity index (χ2v) is 6.34. The number of hydrogen-bond acceptors (Lipinski definition) is 7. The molecule has 0 amide bonds. The van der Waals surface area contributed by atoms with Crippen LogP contribution in [-0.2, 0) is 9.63 Å². The first-order valence-corrected chi connectivity index (χ1v) is 8.41. The maximum absolute atomic E-state index is 11.5. The Bertz CT molecular complexity index is 996. The van der Waals surface area contributed by atoms with E-state index in [1.165, 1.54) is 18.4 Å². The lowest BCUT2D eigenvalue weighted by atomic mass is 10.1. The highest BCUT2D eigenvalue weighted by Gasteiger charge is 2.20. The summed E-state index contributed by atoms with van der Waals surface area (Å²) in [4.78, 5) is 20.7. The molecule has 7 nitrogen and oxygen atoms in total. The normalized spacial score (nSPS) is 11.4. The number of methoxy groups -OCH3 is 1. The van der Waals surface area contributed by atoms with Crippen molar-refractivity contribution in [1.82, 2.24) is 4.98 Å². The Morgan fingerprint density at radius 2 is 1.96 bits per heavy atom. The van der Waals surface area contributed by atoms with E-state index in [1.807, 2.05) is 25.1 Å². The maximum Gasteiger partial charge on any atom is 0.358 e. The number of benzene rings is 2. The van der Waals surface area contributed by atoms with E-state index in [2.05, 4.69) is 15.0 Å². The molecular formula is C18H16N2O5S. The molecular weight excluding hydrogens is 356 g/mol. The molecule has 0 fully saturated rings. The van der Waals surface area contributed by atoms with Crippen molar-refractivity contribution in [3.63, 3.8) is 0 Å². The van der Waals surface area contributed by atoms with Crippen molar-refractivity contribution in [2.24, 2.45) is 5.16 Å². The minimum atomic E-state index is -1.19. The fraction of sp³-hybridized carbons (Fsp3) is 0.167. The molecule has 0 atom stereocenters. The Morgan fingerprint density at radius 3 is 2.65 bits per heavy atom. The van der Waals surface area contributed by atoms with E-state index in [4.69, 9.17) is 9.47 Å². The molecule has 1 heterocycles. The lowest BCUT2D eigenvalue weighted by Gasteiger charge is -2.04. The van der Waals surface area contributed by atoms with E-state index in [1.54, 1.807) is 25.3 Å². The fourth-order valence-electron chi connectivity index (χ4n) is 2.43. The molecule has 0 unspecified atom stereocenters. The number of aromatic nitrogens is 1. The first kappa shape index (κ1) is 17.7. The summed E-state index contributed by atoms with van der Waals surface area (Å²) in [5.74, 6) is 0.0493. The van der Waals surface area contributed by atoms with Crippen LogP contribution in [0.3, 0.4) is 0 Å². The Kier molecular flexibility index (Phi) is 5.04. The molecule has 2 aromatic carbocycles. The quantitative estimate of drug-likeness (QED) is 0.522. The average molecular weight is 372 g/mol. The van der Waals surface area contributed by atoms with Gasteiger partial charge in [0.2, 0.25) is 0 Å². The number of carboxylic acids is 1. The molecule has 1 aromatic heterocycles. The minimum absolute atomic E-state index is 0.209. The van der Waals surface area contributed by atoms with Crippen LogP contribution >= 0.6 is 11.3 Å². The zero-order chi connectivity index (χ0) is 18.7. The second kappa shape index (κ2) is 7.40. The standard InChI is InChI=1S/C18H16N2O5S/c1-10-7-13(16(17(21)22)20-24-3)15-14(8-10)26-18(19-15)25-12-6-4-5-11(9-12)23-2/h4-9H,1-3H3,(H,21,22)/b20-16+. The van der Waals surface area contributed by atoms with Gasteiger partial charge in [0.05, 0.1) is 17.3 Å². The van der Waals surface area contributed by atoms with Crippen molar-refractivity contribution in [2.45, 2.75) is 6.92 Å². The van der Waals surface area contributed by atoms with Gasteiger partial charge in [0, 0.05) is 11.6 Å². The fourth-order valence-corrected chi connectivity index (χ4v) is 3.39. The van der Waals surface area contributed by atoms with Crippen LogP contribution < -0.4 is 9.47 Å². The van der Waals surface area contributed by atoms with E-state index in [9.17, 15) is 9.90 Å². The highest BCUT2D eigenvalue weighted by atomic mass is 32.1. The maximum atomic E-state index is 11.5. The number of nitrogens with zero attached hydrogens (tertiary/aromatic N) is 2. The average Bonchev–Trinajstić information content (AvgIpc) is 3.01. The van der Waals surface area contributed by atoms with Gasteiger partial charge in [-0.25, -0.2) is 9.78 Å². The minimum Gasteiger partial charge on any atom is -0.497 e. The van der Waals surface area contributed by atoms with Crippen LogP contribution in [0.15, 0.2) is 41.6 Å². The summed E-state index contributed by atoms with van der Waals surface area (Å²) in [7, 11) is 2.88. The number of carbonyl (C=O) groups is 1. The van der Waals surface area contributed by atoms with Gasteiger partial charge in [0.25, 0.3) is 5.19 Å². The molecule has 0 aliphatic heterocycles. The van der Waals surface area contributed by atoms with Gasteiger partial charge in [-0.15, -0.1) is 0 Å². The molecule has 0 saturated heterocycles. The molecule has 26 heavy (non-hydrogen) atoms. The van der Waals surface area contributed by atoms with Crippen molar-refractivity contribution in [3.05, 3.63) is 47.5 Å². The van der Waals surface area contributed by atoms with Gasteiger partial charge in [-0.2, -0.15) is 0 Å². The van der Waals surface area contributed by atoms with E-state index in [-0.39, 0.29) is 5.71 Å². The van der Waals surface area contributed by atoms with Crippen molar-refractivity contribution in [3.8, 4) is 16.7 Å². The smallest absolute Gasteiger partial charge is 0.358 e. The van der Waals surface area contributed by atoms with Gasteiger partial charge < -0.3 is 19.4 Å². The Balaban J connectivity index is 2.06. The van der Waals surface area contributed by atoms with Crippen LogP contribution in [0, 0.1) is 6.92 Å². The van der Waals surface area contributed by atoms with Crippen LogP contribution in [0.4, 0.5) is 0 Å². The molecule has 3 aromatic rings. The van der Waals surface area contributed by atoms with E-state index >= 15 is 0 Å². The SMILES string of the molecule is CO/N=C(/C(=O)O)c1cc(C)cc2sc(Oc3cccc(OC)c3)nc12. The molecule has 0 bridgehead atoms. The predicted molar refractivity (Wildman–Crippen MR) is 98.6 cm³/mol. The van der Waals surface area contributed by atoms with Gasteiger partial charge in [-0.3, -0.25) is 0 Å². The molecule has 1 N–H and O–H groups in total. The molecule has 0 aliphatic carbocycles. The summed E-state index contributed by atoms with van der Waals surface area (Å²) in [6.45, 7) is 1.87. The van der Waals surface area contributed by atoms with Crippen LogP contribution in [-0.4, -0.2) is 36.0 Å². The Labute approximate surface area is 153 Å². The summed E-state index contributed by atoms with van der Waals surface area (Å²) in [6.07, 6.45) is 0. The molecule has 0 saturated carbocycles. The number of fused-ring (bicyclic) bond motifs is 1. The summed E-state index contributed by atoms with van der Waals surface area (Å²) in [5.41, 5.74) is 1.55. The number of ether oxygens (including phenoxy) is 2.